The molecule has 1 saturated heterocycles. The molecule has 194 valence electrons. The predicted octanol–water partition coefficient (Wildman–Crippen LogP) is 4.57. The zero-order chi connectivity index (χ0) is 26.5. The van der Waals surface area contributed by atoms with Gasteiger partial charge in [0, 0.05) is 44.3 Å². The van der Waals surface area contributed by atoms with Gasteiger partial charge < -0.3 is 18.9 Å². The molecule has 4 heterocycles. The molecule has 0 radical (unpaired) electrons. The molecule has 0 saturated carbocycles. The summed E-state index contributed by atoms with van der Waals surface area (Å²) in [6.07, 6.45) is -1.98. The Balaban J connectivity index is 1.50. The van der Waals surface area contributed by atoms with E-state index in [4.69, 9.17) is 0 Å². The third-order valence-corrected chi connectivity index (χ3v) is 7.58. The number of nitriles is 1. The fraction of sp³-hybridized carbons (Fsp3) is 0.444. The molecule has 1 fully saturated rings. The molecule has 2 aliphatic rings. The Morgan fingerprint density at radius 3 is 2.54 bits per heavy atom. The van der Waals surface area contributed by atoms with Crippen LogP contribution in [0.5, 0.6) is 11.5 Å². The molecule has 2 aromatic heterocycles. The first-order chi connectivity index (χ1) is 17.7. The normalized spacial score (nSPS) is 21.7. The second-order valence-electron chi connectivity index (χ2n) is 9.63. The van der Waals surface area contributed by atoms with Crippen LogP contribution >= 0.6 is 0 Å². The summed E-state index contributed by atoms with van der Waals surface area (Å²) in [6.45, 7) is 7.64. The van der Waals surface area contributed by atoms with Crippen molar-refractivity contribution < 1.29 is 18.3 Å². The van der Waals surface area contributed by atoms with E-state index in [2.05, 4.69) is 51.1 Å². The summed E-state index contributed by atoms with van der Waals surface area (Å²) in [5, 5.41) is 9.43. The maximum absolute atomic E-state index is 13.5. The van der Waals surface area contributed by atoms with Gasteiger partial charge in [0.15, 0.2) is 11.5 Å². The third kappa shape index (κ3) is 4.37. The van der Waals surface area contributed by atoms with Crippen molar-refractivity contribution in [3.8, 4) is 17.6 Å². The standard InChI is InChI=1S/C27H29F2N5O3/c1-5-19-15-34(22-12-25(35)32(4)21-9-8-18(13-30)31-26(21)22)20(6-2)14-33(19)16(3)17-7-10-23-24(11-17)37-27(28,29)36-23/h7-12,16,19-20H,5-6,14-15H2,1-4H3/t16?,19-,20+/m1/s1. The summed E-state index contributed by atoms with van der Waals surface area (Å²) in [5.74, 6) is 0.0741. The Hall–Kier alpha value is -3.71. The number of anilines is 1. The van der Waals surface area contributed by atoms with Gasteiger partial charge >= 0.3 is 6.29 Å². The first kappa shape index (κ1) is 25.0. The van der Waals surface area contributed by atoms with Crippen molar-refractivity contribution in [2.24, 2.45) is 7.05 Å². The van der Waals surface area contributed by atoms with Crippen LogP contribution in [0.3, 0.4) is 0 Å². The lowest BCUT2D eigenvalue weighted by Crippen LogP contribution is -2.58. The van der Waals surface area contributed by atoms with E-state index >= 15 is 0 Å². The molecule has 0 bridgehead atoms. The second kappa shape index (κ2) is 9.30. The molecule has 1 unspecified atom stereocenters. The van der Waals surface area contributed by atoms with Gasteiger partial charge in [0.25, 0.3) is 5.56 Å². The lowest BCUT2D eigenvalue weighted by Gasteiger charge is -2.49. The quantitative estimate of drug-likeness (QED) is 0.498. The molecule has 37 heavy (non-hydrogen) atoms. The molecular weight excluding hydrogens is 480 g/mol. The molecule has 0 amide bonds. The van der Waals surface area contributed by atoms with Crippen LogP contribution in [0.15, 0.2) is 41.2 Å². The molecule has 10 heteroatoms. The van der Waals surface area contributed by atoms with Crippen LogP contribution in [-0.4, -0.2) is 45.9 Å². The maximum atomic E-state index is 13.5. The highest BCUT2D eigenvalue weighted by Crippen LogP contribution is 2.43. The second-order valence-corrected chi connectivity index (χ2v) is 9.63. The van der Waals surface area contributed by atoms with E-state index in [0.29, 0.717) is 29.8 Å². The minimum atomic E-state index is -3.65. The Bertz CT molecular complexity index is 1450. The van der Waals surface area contributed by atoms with Crippen molar-refractivity contribution in [1.29, 1.82) is 5.26 Å². The molecule has 5 rings (SSSR count). The van der Waals surface area contributed by atoms with Crippen LogP contribution in [0, 0.1) is 11.3 Å². The van der Waals surface area contributed by atoms with Gasteiger partial charge in [-0.15, -0.1) is 8.78 Å². The number of pyridine rings is 2. The molecule has 3 atom stereocenters. The van der Waals surface area contributed by atoms with Crippen LogP contribution in [0.1, 0.15) is 50.9 Å². The molecule has 8 nitrogen and oxygen atoms in total. The number of fused-ring (bicyclic) bond motifs is 2. The Morgan fingerprint density at radius 2 is 1.84 bits per heavy atom. The van der Waals surface area contributed by atoms with Crippen LogP contribution < -0.4 is 19.9 Å². The largest absolute Gasteiger partial charge is 0.586 e. The highest BCUT2D eigenvalue weighted by Gasteiger charge is 2.44. The molecule has 3 aromatic rings. The summed E-state index contributed by atoms with van der Waals surface area (Å²) in [4.78, 5) is 22.1. The highest BCUT2D eigenvalue weighted by atomic mass is 19.3. The lowest BCUT2D eigenvalue weighted by atomic mass is 9.96. The summed E-state index contributed by atoms with van der Waals surface area (Å²) in [6, 6.07) is 12.2. The van der Waals surface area contributed by atoms with Crippen molar-refractivity contribution >= 4 is 16.7 Å². The smallest absolute Gasteiger partial charge is 0.395 e. The lowest BCUT2D eigenvalue weighted by molar-refractivity contribution is -0.286. The Labute approximate surface area is 213 Å². The van der Waals surface area contributed by atoms with Crippen molar-refractivity contribution in [2.75, 3.05) is 18.0 Å². The highest BCUT2D eigenvalue weighted by molar-refractivity contribution is 5.89. The molecule has 0 N–H and O–H groups in total. The Morgan fingerprint density at radius 1 is 1.11 bits per heavy atom. The van der Waals surface area contributed by atoms with Crippen molar-refractivity contribution in [3.05, 3.63) is 58.0 Å². The van der Waals surface area contributed by atoms with Crippen LogP contribution in [0.25, 0.3) is 11.0 Å². The monoisotopic (exact) mass is 509 g/mol. The summed E-state index contributed by atoms with van der Waals surface area (Å²) >= 11 is 0. The summed E-state index contributed by atoms with van der Waals surface area (Å²) in [7, 11) is 1.70. The van der Waals surface area contributed by atoms with Crippen LogP contribution in [-0.2, 0) is 7.05 Å². The number of alkyl halides is 2. The number of rotatable bonds is 5. The fourth-order valence-electron chi connectivity index (χ4n) is 5.46. The van der Waals surface area contributed by atoms with Crippen molar-refractivity contribution in [2.45, 2.75) is 58.0 Å². The van der Waals surface area contributed by atoms with Gasteiger partial charge in [0.1, 0.15) is 17.3 Å². The minimum Gasteiger partial charge on any atom is -0.395 e. The number of aryl methyl sites for hydroxylation is 1. The van der Waals surface area contributed by atoms with E-state index in [1.54, 1.807) is 41.9 Å². The van der Waals surface area contributed by atoms with Crippen LogP contribution in [0.2, 0.25) is 0 Å². The number of aromatic nitrogens is 2. The van der Waals surface area contributed by atoms with Gasteiger partial charge in [-0.2, -0.15) is 5.26 Å². The first-order valence-electron chi connectivity index (χ1n) is 12.5. The Kier molecular flexibility index (Phi) is 6.28. The molecular formula is C27H29F2N5O3. The van der Waals surface area contributed by atoms with E-state index in [0.717, 1.165) is 24.1 Å². The zero-order valence-electron chi connectivity index (χ0n) is 21.2. The topological polar surface area (TPSA) is 83.6 Å². The number of piperazine rings is 1. The van der Waals surface area contributed by atoms with Crippen molar-refractivity contribution in [1.82, 2.24) is 14.5 Å². The van der Waals surface area contributed by atoms with Crippen molar-refractivity contribution in [3.63, 3.8) is 0 Å². The van der Waals surface area contributed by atoms with Gasteiger partial charge in [0.05, 0.1) is 11.2 Å². The van der Waals surface area contributed by atoms with Gasteiger partial charge in [-0.3, -0.25) is 9.69 Å². The average Bonchev–Trinajstić information content (AvgIpc) is 3.22. The zero-order valence-corrected chi connectivity index (χ0v) is 21.2. The molecule has 2 aliphatic heterocycles. The first-order valence-corrected chi connectivity index (χ1v) is 12.5. The van der Waals surface area contributed by atoms with Gasteiger partial charge in [0.2, 0.25) is 0 Å². The maximum Gasteiger partial charge on any atom is 0.586 e. The van der Waals surface area contributed by atoms with E-state index in [1.807, 2.05) is 0 Å². The number of ether oxygens (including phenoxy) is 2. The van der Waals surface area contributed by atoms with E-state index < -0.39 is 6.29 Å². The molecule has 1 aromatic carbocycles. The summed E-state index contributed by atoms with van der Waals surface area (Å²) < 4.78 is 37.9. The van der Waals surface area contributed by atoms with Crippen LogP contribution in [0.4, 0.5) is 14.5 Å². The number of hydrogen-bond donors (Lipinski definition) is 0. The SMILES string of the molecule is CC[C@H]1CN(C(C)c2ccc3c(c2)OC(F)(F)O3)[C@H](CC)CN1c1cc(=O)n(C)c2ccc(C#N)nc12. The van der Waals surface area contributed by atoms with Gasteiger partial charge in [-0.05, 0) is 49.6 Å². The van der Waals surface area contributed by atoms with Gasteiger partial charge in [-0.25, -0.2) is 4.98 Å². The minimum absolute atomic E-state index is 0.0334. The summed E-state index contributed by atoms with van der Waals surface area (Å²) in [5.41, 5.74) is 3.07. The average molecular weight is 510 g/mol. The predicted molar refractivity (Wildman–Crippen MR) is 135 cm³/mol. The number of hydrogen-bond acceptors (Lipinski definition) is 7. The van der Waals surface area contributed by atoms with Gasteiger partial charge in [-0.1, -0.05) is 19.9 Å². The fourth-order valence-corrected chi connectivity index (χ4v) is 5.46. The number of benzene rings is 1. The van der Waals surface area contributed by atoms with E-state index in [9.17, 15) is 18.8 Å². The number of nitrogens with zero attached hydrogens (tertiary/aromatic N) is 5. The van der Waals surface area contributed by atoms with E-state index in [1.165, 1.54) is 6.07 Å². The third-order valence-electron chi connectivity index (χ3n) is 7.58. The molecule has 0 spiro atoms. The van der Waals surface area contributed by atoms with E-state index in [-0.39, 0.29) is 35.2 Å². The molecule has 0 aliphatic carbocycles. The number of halogens is 2.